The molecule has 0 amide bonds. The Kier molecular flexibility index (Phi) is 5.56. The first-order chi connectivity index (χ1) is 4.35. The molecule has 0 aliphatic heterocycles. The van der Waals surface area contributed by atoms with Gasteiger partial charge in [0.05, 0.1) is 0 Å². The molecular formula is C8H13P. The summed E-state index contributed by atoms with van der Waals surface area (Å²) in [6.45, 7) is 7.29. The fourth-order valence-electron chi connectivity index (χ4n) is 0.590. The molecule has 0 nitrogen and oxygen atoms in total. The first kappa shape index (κ1) is 8.65. The van der Waals surface area contributed by atoms with Crippen LogP contribution in [0.2, 0.25) is 0 Å². The second kappa shape index (κ2) is 5.78. The lowest BCUT2D eigenvalue weighted by atomic mass is 10.1. The summed E-state index contributed by atoms with van der Waals surface area (Å²) >= 11 is 0. The molecule has 0 saturated carbocycles. The Bertz CT molecular complexity index is 111. The summed E-state index contributed by atoms with van der Waals surface area (Å²) in [6.07, 6.45) is 5.74. The van der Waals surface area contributed by atoms with Gasteiger partial charge >= 0.3 is 0 Å². The first-order valence-corrected chi connectivity index (χ1v) is 3.63. The maximum absolute atomic E-state index is 3.65. The highest BCUT2D eigenvalue weighted by molar-refractivity contribution is 7.20. The largest absolute Gasteiger partial charge is 0.114 e. The standard InChI is InChI=1S/C8H13P/c1-3-5-8(7-9)6-4-2/h3-4,7H,1-2,5-6,9H2. The van der Waals surface area contributed by atoms with Crippen molar-refractivity contribution >= 4 is 9.24 Å². The van der Waals surface area contributed by atoms with Crippen LogP contribution in [0.15, 0.2) is 36.7 Å². The van der Waals surface area contributed by atoms with Crippen LogP contribution in [0.25, 0.3) is 0 Å². The molecule has 1 unspecified atom stereocenters. The van der Waals surface area contributed by atoms with Crippen LogP contribution in [0.5, 0.6) is 0 Å². The molecular weight excluding hydrogens is 127 g/mol. The summed E-state index contributed by atoms with van der Waals surface area (Å²) < 4.78 is 0. The van der Waals surface area contributed by atoms with E-state index in [9.17, 15) is 0 Å². The van der Waals surface area contributed by atoms with Gasteiger partial charge < -0.3 is 0 Å². The van der Waals surface area contributed by atoms with Gasteiger partial charge in [0.15, 0.2) is 0 Å². The van der Waals surface area contributed by atoms with Crippen LogP contribution in [0.1, 0.15) is 12.8 Å². The monoisotopic (exact) mass is 140 g/mol. The Hall–Kier alpha value is -0.350. The van der Waals surface area contributed by atoms with Crippen LogP contribution < -0.4 is 0 Å². The average molecular weight is 140 g/mol. The minimum Gasteiger partial charge on any atom is -0.114 e. The van der Waals surface area contributed by atoms with Crippen molar-refractivity contribution in [1.82, 2.24) is 0 Å². The third-order valence-corrected chi connectivity index (χ3v) is 1.52. The van der Waals surface area contributed by atoms with Crippen molar-refractivity contribution in [3.05, 3.63) is 36.7 Å². The van der Waals surface area contributed by atoms with E-state index in [1.54, 1.807) is 0 Å². The number of hydrogen-bond acceptors (Lipinski definition) is 0. The fourth-order valence-corrected chi connectivity index (χ4v) is 0.862. The Balaban J connectivity index is 3.68. The van der Waals surface area contributed by atoms with Gasteiger partial charge in [-0.15, -0.1) is 22.4 Å². The van der Waals surface area contributed by atoms with Gasteiger partial charge in [-0.05, 0) is 12.8 Å². The van der Waals surface area contributed by atoms with Crippen LogP contribution in [-0.4, -0.2) is 0 Å². The van der Waals surface area contributed by atoms with Gasteiger partial charge in [-0.2, -0.15) is 0 Å². The summed E-state index contributed by atoms with van der Waals surface area (Å²) in [7, 11) is 2.58. The average Bonchev–Trinajstić information content (AvgIpc) is 1.88. The highest BCUT2D eigenvalue weighted by Crippen LogP contribution is 2.09. The Morgan fingerprint density at radius 1 is 1.22 bits per heavy atom. The molecule has 0 fully saturated rings. The minimum absolute atomic E-state index is 0.968. The van der Waals surface area contributed by atoms with E-state index in [0.717, 1.165) is 12.8 Å². The summed E-state index contributed by atoms with van der Waals surface area (Å²) in [5.74, 6) is 2.03. The maximum Gasteiger partial charge on any atom is -0.0135 e. The quantitative estimate of drug-likeness (QED) is 0.416. The zero-order valence-electron chi connectivity index (χ0n) is 5.64. The van der Waals surface area contributed by atoms with Crippen LogP contribution in [-0.2, 0) is 0 Å². The van der Waals surface area contributed by atoms with E-state index < -0.39 is 0 Å². The van der Waals surface area contributed by atoms with Crippen LogP contribution in [0, 0.1) is 0 Å². The SMILES string of the molecule is C=CCC(=CP)CC=C. The van der Waals surface area contributed by atoms with Crippen molar-refractivity contribution in [2.24, 2.45) is 0 Å². The molecule has 0 radical (unpaired) electrons. The van der Waals surface area contributed by atoms with Crippen LogP contribution in [0.4, 0.5) is 0 Å². The lowest BCUT2D eigenvalue weighted by Crippen LogP contribution is -1.74. The van der Waals surface area contributed by atoms with Crippen LogP contribution in [0.3, 0.4) is 0 Å². The van der Waals surface area contributed by atoms with E-state index in [2.05, 4.69) is 22.4 Å². The molecule has 0 aliphatic rings. The van der Waals surface area contributed by atoms with Crippen molar-refractivity contribution in [3.8, 4) is 0 Å². The van der Waals surface area contributed by atoms with E-state index in [-0.39, 0.29) is 0 Å². The molecule has 0 aliphatic carbocycles. The normalized spacial score (nSPS) is 8.11. The second-order valence-corrected chi connectivity index (χ2v) is 2.14. The zero-order chi connectivity index (χ0) is 7.11. The number of allylic oxidation sites excluding steroid dienone is 3. The van der Waals surface area contributed by atoms with E-state index in [1.165, 1.54) is 5.57 Å². The highest BCUT2D eigenvalue weighted by atomic mass is 31.0. The molecule has 1 atom stereocenters. The van der Waals surface area contributed by atoms with Gasteiger partial charge in [0, 0.05) is 0 Å². The molecule has 0 spiro atoms. The molecule has 0 heterocycles. The molecule has 0 N–H and O–H groups in total. The topological polar surface area (TPSA) is 0 Å². The predicted octanol–water partition coefficient (Wildman–Crippen LogP) is 2.90. The van der Waals surface area contributed by atoms with Gasteiger partial charge in [0.25, 0.3) is 0 Å². The maximum atomic E-state index is 3.65. The minimum atomic E-state index is 0.968. The van der Waals surface area contributed by atoms with Crippen molar-refractivity contribution in [2.45, 2.75) is 12.8 Å². The third-order valence-electron chi connectivity index (χ3n) is 1.05. The van der Waals surface area contributed by atoms with Gasteiger partial charge in [-0.3, -0.25) is 0 Å². The van der Waals surface area contributed by atoms with Crippen molar-refractivity contribution in [3.63, 3.8) is 0 Å². The molecule has 0 rings (SSSR count). The van der Waals surface area contributed by atoms with Crippen LogP contribution >= 0.6 is 9.24 Å². The lowest BCUT2D eigenvalue weighted by Gasteiger charge is -1.95. The van der Waals surface area contributed by atoms with Gasteiger partial charge in [-0.1, -0.05) is 23.5 Å². The summed E-state index contributed by atoms with van der Waals surface area (Å²) in [4.78, 5) is 0. The number of hydrogen-bond donors (Lipinski definition) is 0. The van der Waals surface area contributed by atoms with E-state index in [1.807, 2.05) is 18.0 Å². The Morgan fingerprint density at radius 2 is 1.67 bits per heavy atom. The second-order valence-electron chi connectivity index (χ2n) is 1.81. The van der Waals surface area contributed by atoms with E-state index in [0.29, 0.717) is 0 Å². The van der Waals surface area contributed by atoms with Gasteiger partial charge in [0.2, 0.25) is 0 Å². The lowest BCUT2D eigenvalue weighted by molar-refractivity contribution is 1.12. The van der Waals surface area contributed by atoms with Crippen molar-refractivity contribution in [2.75, 3.05) is 0 Å². The molecule has 0 aromatic heterocycles. The smallest absolute Gasteiger partial charge is 0.0135 e. The molecule has 9 heavy (non-hydrogen) atoms. The Labute approximate surface area is 59.6 Å². The zero-order valence-corrected chi connectivity index (χ0v) is 6.79. The summed E-state index contributed by atoms with van der Waals surface area (Å²) in [5.41, 5.74) is 1.35. The predicted molar refractivity (Wildman–Crippen MR) is 47.4 cm³/mol. The molecule has 50 valence electrons. The first-order valence-electron chi connectivity index (χ1n) is 2.96. The van der Waals surface area contributed by atoms with Gasteiger partial charge in [-0.25, -0.2) is 0 Å². The molecule has 0 saturated heterocycles. The molecule has 0 aromatic carbocycles. The van der Waals surface area contributed by atoms with Crippen molar-refractivity contribution in [1.29, 1.82) is 0 Å². The Morgan fingerprint density at radius 3 is 1.89 bits per heavy atom. The van der Waals surface area contributed by atoms with E-state index >= 15 is 0 Å². The molecule has 0 aromatic rings. The van der Waals surface area contributed by atoms with Gasteiger partial charge in [0.1, 0.15) is 0 Å². The summed E-state index contributed by atoms with van der Waals surface area (Å²) in [5, 5.41) is 0. The third kappa shape index (κ3) is 4.17. The molecule has 0 bridgehead atoms. The highest BCUT2D eigenvalue weighted by Gasteiger charge is 1.86. The molecule has 1 heteroatoms. The van der Waals surface area contributed by atoms with E-state index in [4.69, 9.17) is 0 Å². The summed E-state index contributed by atoms with van der Waals surface area (Å²) in [6, 6.07) is 0. The van der Waals surface area contributed by atoms with Crippen molar-refractivity contribution < 1.29 is 0 Å². The fraction of sp³-hybridized carbons (Fsp3) is 0.250. The number of rotatable bonds is 4.